The number of carbonyl (C=O) groups excluding carboxylic acids is 9. The highest BCUT2D eigenvalue weighted by molar-refractivity contribution is 7.80. The number of carboxylic acids is 3. The van der Waals surface area contributed by atoms with E-state index in [4.69, 9.17) is 11.5 Å². The van der Waals surface area contributed by atoms with E-state index in [9.17, 15) is 72.9 Å². The topological polar surface area (TPSA) is 442 Å². The van der Waals surface area contributed by atoms with Crippen LogP contribution in [-0.4, -0.2) is 165 Å². The van der Waals surface area contributed by atoms with Gasteiger partial charge < -0.3 is 79.6 Å². The number of unbranched alkanes of at least 4 members (excludes halogenated alkanes) is 1. The smallest absolute Gasteiger partial charge is 0.326 e. The number of benzene rings is 4. The molecular weight excluding hydrogens is 1220 g/mol. The number of hydrogen-bond acceptors (Lipinski definition) is 15. The first-order chi connectivity index (χ1) is 44.4. The predicted octanol–water partition coefficient (Wildman–Crippen LogP) is 0.679. The second-order valence-electron chi connectivity index (χ2n) is 22.8. The number of carboxylic acid groups (broad SMARTS) is 3. The van der Waals surface area contributed by atoms with Crippen molar-refractivity contribution in [3.63, 3.8) is 0 Å². The van der Waals surface area contributed by atoms with Crippen LogP contribution in [-0.2, 0) is 83.2 Å². The molecule has 5 rings (SSSR count). The minimum Gasteiger partial charge on any atom is -0.481 e. The van der Waals surface area contributed by atoms with E-state index < -0.39 is 158 Å². The Balaban J connectivity index is 1.31. The molecule has 0 unspecified atom stereocenters. The summed E-state index contributed by atoms with van der Waals surface area (Å²) in [5.41, 5.74) is 15.5. The van der Waals surface area contributed by atoms with E-state index in [0.717, 1.165) is 16.5 Å². The molecule has 500 valence electrons. The molecule has 0 aliphatic carbocycles. The summed E-state index contributed by atoms with van der Waals surface area (Å²) < 4.78 is 0. The van der Waals surface area contributed by atoms with Gasteiger partial charge in [-0.1, -0.05) is 123 Å². The van der Waals surface area contributed by atoms with Crippen LogP contribution in [0, 0.1) is 5.92 Å². The minimum atomic E-state index is -1.69. The SMILES string of the molecule is CC(C)C[C@H](NC(=O)[C@H](CCC(=O)O)NC(=O)[C@H](CCCCN)NC(=O)[C@H](Cc1ccccc1)NC(=O)[C@H](CS)NC(=O)[C@H](Cc1ccccc1)NC(=O)[C@@H](N)Cc1ccccc1)C(=O)N[C@@H](CCC(=O)O)C(=O)NCC(=O)N[C@@H](Cc1c[nH]c2ccccc12)C(=O)O. The van der Waals surface area contributed by atoms with Crippen molar-refractivity contribution in [3.8, 4) is 0 Å². The van der Waals surface area contributed by atoms with Crippen molar-refractivity contribution >= 4 is 94.6 Å². The van der Waals surface area contributed by atoms with Gasteiger partial charge in [-0.2, -0.15) is 12.6 Å². The van der Waals surface area contributed by atoms with Gasteiger partial charge in [0.15, 0.2) is 0 Å². The largest absolute Gasteiger partial charge is 0.481 e. The van der Waals surface area contributed by atoms with Crippen LogP contribution >= 0.6 is 12.6 Å². The number of thiol groups is 1. The Hall–Kier alpha value is -9.67. The Morgan fingerprint density at radius 1 is 0.462 bits per heavy atom. The second kappa shape index (κ2) is 38.2. The van der Waals surface area contributed by atoms with Crippen LogP contribution < -0.4 is 59.3 Å². The van der Waals surface area contributed by atoms with Gasteiger partial charge >= 0.3 is 17.9 Å². The number of aromatic amines is 1. The highest BCUT2D eigenvalue weighted by atomic mass is 32.1. The zero-order chi connectivity index (χ0) is 68.0. The Kier molecular flexibility index (Phi) is 30.5. The van der Waals surface area contributed by atoms with Crippen molar-refractivity contribution in [1.82, 2.24) is 52.8 Å². The lowest BCUT2D eigenvalue weighted by atomic mass is 10.0. The molecule has 0 saturated heterocycles. The Morgan fingerprint density at radius 2 is 0.882 bits per heavy atom. The van der Waals surface area contributed by atoms with Gasteiger partial charge in [-0.05, 0) is 85.7 Å². The van der Waals surface area contributed by atoms with Gasteiger partial charge in [0.05, 0.1) is 12.6 Å². The molecule has 9 atom stereocenters. The van der Waals surface area contributed by atoms with E-state index in [1.54, 1.807) is 117 Å². The summed E-state index contributed by atoms with van der Waals surface area (Å²) in [6.07, 6.45) is -0.448. The van der Waals surface area contributed by atoms with E-state index in [1.807, 2.05) is 18.2 Å². The number of aliphatic carboxylic acids is 3. The van der Waals surface area contributed by atoms with Crippen LogP contribution in [0.2, 0.25) is 0 Å². The first kappa shape index (κ1) is 74.1. The number of para-hydroxylation sites is 1. The monoisotopic (exact) mass is 1300 g/mol. The highest BCUT2D eigenvalue weighted by Gasteiger charge is 2.36. The molecule has 9 amide bonds. The molecule has 1 heterocycles. The fourth-order valence-electron chi connectivity index (χ4n) is 9.98. The molecular formula is C65H84N12O15S. The number of carbonyl (C=O) groups is 12. The molecule has 0 bridgehead atoms. The van der Waals surface area contributed by atoms with Gasteiger partial charge in [0.1, 0.15) is 48.3 Å². The number of nitrogens with one attached hydrogen (secondary N) is 10. The molecule has 4 aromatic carbocycles. The van der Waals surface area contributed by atoms with E-state index in [0.29, 0.717) is 23.1 Å². The lowest BCUT2D eigenvalue weighted by Gasteiger charge is -2.28. The van der Waals surface area contributed by atoms with Crippen LogP contribution in [0.25, 0.3) is 10.9 Å². The van der Waals surface area contributed by atoms with Crippen LogP contribution in [0.5, 0.6) is 0 Å². The Bertz CT molecular complexity index is 3340. The molecule has 93 heavy (non-hydrogen) atoms. The highest BCUT2D eigenvalue weighted by Crippen LogP contribution is 2.20. The molecule has 17 N–H and O–H groups in total. The maximum atomic E-state index is 14.6. The first-order valence-corrected chi connectivity index (χ1v) is 31.2. The summed E-state index contributed by atoms with van der Waals surface area (Å²) in [4.78, 5) is 165. The van der Waals surface area contributed by atoms with Gasteiger partial charge in [-0.3, -0.25) is 52.7 Å². The Labute approximate surface area is 543 Å². The summed E-state index contributed by atoms with van der Waals surface area (Å²) >= 11 is 4.36. The first-order valence-electron chi connectivity index (χ1n) is 30.5. The van der Waals surface area contributed by atoms with Gasteiger partial charge in [0.25, 0.3) is 0 Å². The third-order valence-corrected chi connectivity index (χ3v) is 15.3. The van der Waals surface area contributed by atoms with E-state index in [1.165, 1.54) is 0 Å². The molecule has 0 aliphatic rings. The number of hydrogen-bond donors (Lipinski definition) is 16. The normalized spacial score (nSPS) is 14.0. The van der Waals surface area contributed by atoms with Crippen molar-refractivity contribution in [2.75, 3.05) is 18.8 Å². The van der Waals surface area contributed by atoms with Crippen molar-refractivity contribution in [2.24, 2.45) is 17.4 Å². The summed E-state index contributed by atoms with van der Waals surface area (Å²) in [6.45, 7) is 2.78. The fourth-order valence-corrected chi connectivity index (χ4v) is 10.2. The summed E-state index contributed by atoms with van der Waals surface area (Å²) in [7, 11) is 0. The summed E-state index contributed by atoms with van der Waals surface area (Å²) in [6, 6.07) is 20.7. The number of nitrogens with two attached hydrogens (primary N) is 2. The molecule has 5 aromatic rings. The van der Waals surface area contributed by atoms with Crippen LogP contribution in [0.1, 0.15) is 87.5 Å². The molecule has 0 radical (unpaired) electrons. The summed E-state index contributed by atoms with van der Waals surface area (Å²) in [5, 5.41) is 52.9. The molecule has 27 nitrogen and oxygen atoms in total. The van der Waals surface area contributed by atoms with E-state index >= 15 is 0 Å². The summed E-state index contributed by atoms with van der Waals surface area (Å²) in [5.74, 6) is -12.8. The molecule has 0 aliphatic heterocycles. The number of fused-ring (bicyclic) bond motifs is 1. The lowest BCUT2D eigenvalue weighted by molar-refractivity contribution is -0.141. The van der Waals surface area contributed by atoms with E-state index in [-0.39, 0.29) is 63.2 Å². The van der Waals surface area contributed by atoms with Crippen LogP contribution in [0.3, 0.4) is 0 Å². The quantitative estimate of drug-likeness (QED) is 0.0189. The maximum absolute atomic E-state index is 14.6. The van der Waals surface area contributed by atoms with Crippen molar-refractivity contribution < 1.29 is 72.9 Å². The second-order valence-corrected chi connectivity index (χ2v) is 23.2. The van der Waals surface area contributed by atoms with Crippen molar-refractivity contribution in [1.29, 1.82) is 0 Å². The molecule has 0 spiro atoms. The van der Waals surface area contributed by atoms with E-state index in [2.05, 4.69) is 65.5 Å². The average molecular weight is 1310 g/mol. The minimum absolute atomic E-state index is 0.00730. The molecule has 28 heteroatoms. The predicted molar refractivity (Wildman–Crippen MR) is 346 cm³/mol. The van der Waals surface area contributed by atoms with Gasteiger partial charge in [0.2, 0.25) is 53.2 Å². The van der Waals surface area contributed by atoms with Crippen LogP contribution in [0.4, 0.5) is 0 Å². The molecule has 0 saturated carbocycles. The lowest BCUT2D eigenvalue weighted by Crippen LogP contribution is -2.61. The van der Waals surface area contributed by atoms with Gasteiger partial charge in [-0.25, -0.2) is 4.79 Å². The molecule has 0 fully saturated rings. The third-order valence-electron chi connectivity index (χ3n) is 14.9. The van der Waals surface area contributed by atoms with Gasteiger partial charge in [-0.15, -0.1) is 0 Å². The maximum Gasteiger partial charge on any atom is 0.326 e. The number of aromatic nitrogens is 1. The fraction of sp³-hybridized carbons (Fsp3) is 0.415. The van der Waals surface area contributed by atoms with Gasteiger partial charge in [0, 0.05) is 55.0 Å². The number of amides is 9. The number of H-pyrrole nitrogens is 1. The van der Waals surface area contributed by atoms with Crippen molar-refractivity contribution in [3.05, 3.63) is 144 Å². The zero-order valence-electron chi connectivity index (χ0n) is 51.8. The Morgan fingerprint density at radius 3 is 1.38 bits per heavy atom. The van der Waals surface area contributed by atoms with Crippen molar-refractivity contribution in [2.45, 2.75) is 145 Å². The number of rotatable bonds is 40. The third kappa shape index (κ3) is 25.5. The average Bonchev–Trinajstić information content (AvgIpc) is 1.76. The zero-order valence-corrected chi connectivity index (χ0v) is 52.7. The van der Waals surface area contributed by atoms with Crippen LogP contribution in [0.15, 0.2) is 121 Å². The standard InChI is InChI=1S/C65H84N12O15S/c1-38(2)30-49(61(87)72-47(25-27-55(79)80)58(84)69-36-54(78)70-52(65(91)92)34-42-35-68-45-23-13-12-22-43(42)45)75-60(86)48(26-28-56(81)82)73-59(85)46(24-14-15-29-66)71-62(88)51(33-41-20-10-5-11-21-41)76-64(90)53(37-93)77-63(89)50(32-40-18-8-4-9-19-40)74-57(83)44(67)31-39-16-6-3-7-17-39/h3-13,16-23,35,38,44,46-53,68,93H,14-15,24-34,36-37,66-67H2,1-2H3,(H,69,84)(H,70,78)(H,71,88)(H,72,87)(H,73,85)(H,74,83)(H,75,86)(H,76,90)(H,77,89)(H,79,80)(H,81,82)(H,91,92)/t44-,46-,47-,48-,49-,50-,51-,52-,53-/m0/s1. The molecule has 1 aromatic heterocycles.